The fourth-order valence-electron chi connectivity index (χ4n) is 1.93. The molecule has 2 aromatic heterocycles. The minimum absolute atomic E-state index is 0.324. The second kappa shape index (κ2) is 5.65. The van der Waals surface area contributed by atoms with Gasteiger partial charge in [0.1, 0.15) is 11.5 Å². The van der Waals surface area contributed by atoms with Gasteiger partial charge in [-0.25, -0.2) is 9.18 Å². The van der Waals surface area contributed by atoms with Crippen LogP contribution in [0.4, 0.5) is 4.39 Å². The van der Waals surface area contributed by atoms with Crippen LogP contribution in [0.5, 0.6) is 0 Å². The van der Waals surface area contributed by atoms with E-state index < -0.39 is 0 Å². The lowest BCUT2D eigenvalue weighted by atomic mass is 10.2. The standard InChI is InChI=1S/C14H15FN2O2/c1-3-19-14(18)13-10(2)4-5-17(13)9-11-6-12(15)8-16-7-11/h4-8H,3,9H2,1-2H3. The number of aryl methyl sites for hydroxylation is 1. The van der Waals surface area contributed by atoms with Gasteiger partial charge in [0.15, 0.2) is 0 Å². The van der Waals surface area contributed by atoms with Crippen LogP contribution in [0.1, 0.15) is 28.5 Å². The Hall–Kier alpha value is -2.17. The molecule has 0 atom stereocenters. The molecule has 0 saturated carbocycles. The van der Waals surface area contributed by atoms with E-state index in [9.17, 15) is 9.18 Å². The number of hydrogen-bond donors (Lipinski definition) is 0. The van der Waals surface area contributed by atoms with E-state index in [1.807, 2.05) is 13.0 Å². The molecule has 0 aliphatic carbocycles. The normalized spacial score (nSPS) is 10.5. The largest absolute Gasteiger partial charge is 0.461 e. The lowest BCUT2D eigenvalue weighted by molar-refractivity contribution is 0.0513. The van der Waals surface area contributed by atoms with Crippen LogP contribution in [0.15, 0.2) is 30.7 Å². The highest BCUT2D eigenvalue weighted by atomic mass is 19.1. The third-order valence-corrected chi connectivity index (χ3v) is 2.75. The fourth-order valence-corrected chi connectivity index (χ4v) is 1.93. The van der Waals surface area contributed by atoms with Gasteiger partial charge < -0.3 is 9.30 Å². The summed E-state index contributed by atoms with van der Waals surface area (Å²) in [6, 6.07) is 3.23. The number of rotatable bonds is 4. The number of carbonyl (C=O) groups excluding carboxylic acids is 1. The zero-order valence-corrected chi connectivity index (χ0v) is 10.9. The molecule has 0 amide bonds. The average molecular weight is 262 g/mol. The Morgan fingerprint density at radius 2 is 2.26 bits per heavy atom. The summed E-state index contributed by atoms with van der Waals surface area (Å²) in [5.41, 5.74) is 2.02. The number of halogens is 1. The SMILES string of the molecule is CCOC(=O)c1c(C)ccn1Cc1cncc(F)c1. The predicted molar refractivity (Wildman–Crippen MR) is 68.4 cm³/mol. The molecule has 19 heavy (non-hydrogen) atoms. The van der Waals surface area contributed by atoms with E-state index >= 15 is 0 Å². The molecule has 0 aromatic carbocycles. The molecule has 2 rings (SSSR count). The van der Waals surface area contributed by atoms with E-state index in [2.05, 4.69) is 4.98 Å². The smallest absolute Gasteiger partial charge is 0.355 e. The van der Waals surface area contributed by atoms with Gasteiger partial charge in [-0.15, -0.1) is 0 Å². The van der Waals surface area contributed by atoms with E-state index in [0.717, 1.165) is 11.8 Å². The molecule has 0 bridgehead atoms. The van der Waals surface area contributed by atoms with Crippen molar-refractivity contribution in [3.63, 3.8) is 0 Å². The first-order valence-corrected chi connectivity index (χ1v) is 6.04. The van der Waals surface area contributed by atoms with Gasteiger partial charge in [0, 0.05) is 18.9 Å². The zero-order valence-electron chi connectivity index (χ0n) is 10.9. The second-order valence-corrected chi connectivity index (χ2v) is 4.21. The Kier molecular flexibility index (Phi) is 3.94. The first kappa shape index (κ1) is 13.3. The molecule has 0 saturated heterocycles. The van der Waals surface area contributed by atoms with Crippen LogP contribution in [-0.4, -0.2) is 22.1 Å². The van der Waals surface area contributed by atoms with Crippen LogP contribution >= 0.6 is 0 Å². The lowest BCUT2D eigenvalue weighted by Crippen LogP contribution is -2.13. The van der Waals surface area contributed by atoms with Crippen LogP contribution < -0.4 is 0 Å². The van der Waals surface area contributed by atoms with E-state index in [1.54, 1.807) is 23.9 Å². The minimum Gasteiger partial charge on any atom is -0.461 e. The summed E-state index contributed by atoms with van der Waals surface area (Å²) in [4.78, 5) is 15.7. The maximum atomic E-state index is 13.1. The third kappa shape index (κ3) is 2.99. The number of esters is 1. The van der Waals surface area contributed by atoms with Crippen molar-refractivity contribution >= 4 is 5.97 Å². The van der Waals surface area contributed by atoms with Crippen LogP contribution in [-0.2, 0) is 11.3 Å². The van der Waals surface area contributed by atoms with E-state index in [0.29, 0.717) is 24.4 Å². The molecule has 2 heterocycles. The molecule has 0 fully saturated rings. The quantitative estimate of drug-likeness (QED) is 0.795. The van der Waals surface area contributed by atoms with Crippen molar-refractivity contribution in [2.45, 2.75) is 20.4 Å². The summed E-state index contributed by atoms with van der Waals surface area (Å²) in [7, 11) is 0. The summed E-state index contributed by atoms with van der Waals surface area (Å²) >= 11 is 0. The maximum Gasteiger partial charge on any atom is 0.355 e. The summed E-state index contributed by atoms with van der Waals surface area (Å²) in [6.07, 6.45) is 4.51. The van der Waals surface area contributed by atoms with Crippen molar-refractivity contribution in [3.05, 3.63) is 53.4 Å². The fraction of sp³-hybridized carbons (Fsp3) is 0.286. The highest BCUT2D eigenvalue weighted by Gasteiger charge is 2.16. The van der Waals surface area contributed by atoms with Gasteiger partial charge in [-0.2, -0.15) is 0 Å². The summed E-state index contributed by atoms with van der Waals surface area (Å²) in [5, 5.41) is 0. The molecular weight excluding hydrogens is 247 g/mol. The van der Waals surface area contributed by atoms with Crippen LogP contribution in [0, 0.1) is 12.7 Å². The highest BCUT2D eigenvalue weighted by molar-refractivity contribution is 5.89. The van der Waals surface area contributed by atoms with Gasteiger partial charge in [0.25, 0.3) is 0 Å². The topological polar surface area (TPSA) is 44.1 Å². The van der Waals surface area contributed by atoms with Crippen molar-refractivity contribution in [3.8, 4) is 0 Å². The van der Waals surface area contributed by atoms with Gasteiger partial charge in [-0.3, -0.25) is 4.98 Å². The second-order valence-electron chi connectivity index (χ2n) is 4.21. The van der Waals surface area contributed by atoms with Gasteiger partial charge in [-0.1, -0.05) is 0 Å². The number of carbonyl (C=O) groups is 1. The Bertz CT molecular complexity index is 593. The molecule has 4 nitrogen and oxygen atoms in total. The number of pyridine rings is 1. The Morgan fingerprint density at radius 3 is 2.95 bits per heavy atom. The Morgan fingerprint density at radius 1 is 1.47 bits per heavy atom. The number of hydrogen-bond acceptors (Lipinski definition) is 3. The van der Waals surface area contributed by atoms with Crippen molar-refractivity contribution in [2.75, 3.05) is 6.61 Å². The average Bonchev–Trinajstić information content (AvgIpc) is 2.71. The highest BCUT2D eigenvalue weighted by Crippen LogP contribution is 2.14. The van der Waals surface area contributed by atoms with Crippen molar-refractivity contribution in [2.24, 2.45) is 0 Å². The Labute approximate surface area is 110 Å². The first-order chi connectivity index (χ1) is 9.11. The maximum absolute atomic E-state index is 13.1. The molecule has 0 N–H and O–H groups in total. The monoisotopic (exact) mass is 262 g/mol. The van der Waals surface area contributed by atoms with Crippen LogP contribution in [0.25, 0.3) is 0 Å². The lowest BCUT2D eigenvalue weighted by Gasteiger charge is -2.09. The molecule has 0 spiro atoms. The van der Waals surface area contributed by atoms with Crippen LogP contribution in [0.2, 0.25) is 0 Å². The van der Waals surface area contributed by atoms with Gasteiger partial charge in [0.2, 0.25) is 0 Å². The molecule has 0 aliphatic rings. The minimum atomic E-state index is -0.390. The number of aromatic nitrogens is 2. The van der Waals surface area contributed by atoms with Crippen molar-refractivity contribution in [1.82, 2.24) is 9.55 Å². The summed E-state index contributed by atoms with van der Waals surface area (Å²) in [6.45, 7) is 4.31. The Balaban J connectivity index is 2.28. The molecule has 0 unspecified atom stereocenters. The molecule has 2 aromatic rings. The molecular formula is C14H15FN2O2. The van der Waals surface area contributed by atoms with Gasteiger partial charge in [-0.05, 0) is 37.1 Å². The van der Waals surface area contributed by atoms with Gasteiger partial charge in [0.05, 0.1) is 12.8 Å². The number of ether oxygens (including phenoxy) is 1. The van der Waals surface area contributed by atoms with Crippen molar-refractivity contribution in [1.29, 1.82) is 0 Å². The van der Waals surface area contributed by atoms with E-state index in [1.165, 1.54) is 6.07 Å². The molecule has 0 aliphatic heterocycles. The summed E-state index contributed by atoms with van der Waals surface area (Å²) < 4.78 is 19.9. The van der Waals surface area contributed by atoms with Crippen molar-refractivity contribution < 1.29 is 13.9 Å². The molecule has 5 heteroatoms. The zero-order chi connectivity index (χ0) is 13.8. The first-order valence-electron chi connectivity index (χ1n) is 6.04. The van der Waals surface area contributed by atoms with Crippen LogP contribution in [0.3, 0.4) is 0 Å². The van der Waals surface area contributed by atoms with E-state index in [-0.39, 0.29) is 11.8 Å². The predicted octanol–water partition coefficient (Wildman–Crippen LogP) is 2.56. The summed E-state index contributed by atoms with van der Waals surface area (Å²) in [5.74, 6) is -0.756. The van der Waals surface area contributed by atoms with E-state index in [4.69, 9.17) is 4.74 Å². The molecule has 0 radical (unpaired) electrons. The third-order valence-electron chi connectivity index (χ3n) is 2.75. The molecule has 100 valence electrons. The number of nitrogens with zero attached hydrogens (tertiary/aromatic N) is 2. The van der Waals surface area contributed by atoms with Gasteiger partial charge >= 0.3 is 5.97 Å².